The molecule has 4 nitrogen and oxygen atoms in total. The van der Waals surface area contributed by atoms with Gasteiger partial charge in [-0.2, -0.15) is 0 Å². The first-order valence-corrected chi connectivity index (χ1v) is 9.09. The number of sulfonamides is 1. The number of halogens is 2. The number of hydrogen-bond donors (Lipinski definition) is 2. The van der Waals surface area contributed by atoms with Gasteiger partial charge in [-0.3, -0.25) is 0 Å². The summed E-state index contributed by atoms with van der Waals surface area (Å²) in [6.07, 6.45) is 0. The molecular weight excluding hydrogens is 384 g/mol. The van der Waals surface area contributed by atoms with Crippen molar-refractivity contribution in [3.63, 3.8) is 0 Å². The molecule has 0 aliphatic rings. The van der Waals surface area contributed by atoms with Gasteiger partial charge in [-0.25, -0.2) is 13.1 Å². The van der Waals surface area contributed by atoms with Gasteiger partial charge >= 0.3 is 0 Å². The van der Waals surface area contributed by atoms with Crippen LogP contribution >= 0.6 is 38.9 Å². The zero-order valence-corrected chi connectivity index (χ0v) is 14.4. The van der Waals surface area contributed by atoms with Gasteiger partial charge in [-0.15, -0.1) is 11.3 Å². The quantitative estimate of drug-likeness (QED) is 0.774. The first kappa shape index (κ1) is 15.8. The zero-order valence-electron chi connectivity index (χ0n) is 10.4. The van der Waals surface area contributed by atoms with Gasteiger partial charge < -0.3 is 5.73 Å². The van der Waals surface area contributed by atoms with Crippen LogP contribution in [0.3, 0.4) is 0 Å². The SMILES string of the molecule is CC(NS(=O)(=O)c1cc(Cl)c(Br)s1)c1ccc(N)cc1. The van der Waals surface area contributed by atoms with Gasteiger partial charge in [0.15, 0.2) is 0 Å². The summed E-state index contributed by atoms with van der Waals surface area (Å²) in [5, 5.41) is 0.385. The third-order valence-electron chi connectivity index (χ3n) is 2.66. The van der Waals surface area contributed by atoms with Crippen LogP contribution in [0, 0.1) is 0 Å². The van der Waals surface area contributed by atoms with Crippen molar-refractivity contribution in [2.45, 2.75) is 17.2 Å². The average molecular weight is 396 g/mol. The largest absolute Gasteiger partial charge is 0.399 e. The Morgan fingerprint density at radius 2 is 1.95 bits per heavy atom. The first-order valence-electron chi connectivity index (χ1n) is 5.62. The Bertz CT molecular complexity index is 694. The highest BCUT2D eigenvalue weighted by atomic mass is 79.9. The summed E-state index contributed by atoms with van der Waals surface area (Å²) in [6, 6.07) is 8.12. The van der Waals surface area contributed by atoms with Crippen LogP contribution in [0.2, 0.25) is 5.02 Å². The van der Waals surface area contributed by atoms with Crippen LogP contribution in [-0.4, -0.2) is 8.42 Å². The van der Waals surface area contributed by atoms with Crippen molar-refractivity contribution in [1.29, 1.82) is 0 Å². The number of nitrogen functional groups attached to an aromatic ring is 1. The Morgan fingerprint density at radius 1 is 1.35 bits per heavy atom. The molecule has 0 radical (unpaired) electrons. The third-order valence-corrected chi connectivity index (χ3v) is 7.14. The maximum absolute atomic E-state index is 12.2. The molecule has 108 valence electrons. The van der Waals surface area contributed by atoms with Gasteiger partial charge in [-0.05, 0) is 46.6 Å². The van der Waals surface area contributed by atoms with Crippen LogP contribution in [0.4, 0.5) is 5.69 Å². The van der Waals surface area contributed by atoms with Crippen LogP contribution in [0.15, 0.2) is 38.3 Å². The number of thiophene rings is 1. The van der Waals surface area contributed by atoms with Crippen LogP contribution < -0.4 is 10.5 Å². The minimum Gasteiger partial charge on any atom is -0.399 e. The maximum atomic E-state index is 12.2. The molecule has 0 saturated carbocycles. The Labute approximate surface area is 135 Å². The molecule has 1 aromatic carbocycles. The number of benzene rings is 1. The topological polar surface area (TPSA) is 72.2 Å². The summed E-state index contributed by atoms with van der Waals surface area (Å²) in [6.45, 7) is 1.77. The molecule has 8 heteroatoms. The molecule has 0 aliphatic carbocycles. The molecule has 0 aliphatic heterocycles. The molecule has 0 spiro atoms. The van der Waals surface area contributed by atoms with Crippen molar-refractivity contribution in [2.75, 3.05) is 5.73 Å². The van der Waals surface area contributed by atoms with Gasteiger partial charge in [0, 0.05) is 11.7 Å². The fourth-order valence-electron chi connectivity index (χ4n) is 1.60. The van der Waals surface area contributed by atoms with Crippen molar-refractivity contribution in [2.24, 2.45) is 0 Å². The van der Waals surface area contributed by atoms with E-state index < -0.39 is 10.0 Å². The fraction of sp³-hybridized carbons (Fsp3) is 0.167. The van der Waals surface area contributed by atoms with Crippen LogP contribution in [0.5, 0.6) is 0 Å². The summed E-state index contributed by atoms with van der Waals surface area (Å²) in [5.41, 5.74) is 7.08. The van der Waals surface area contributed by atoms with Crippen molar-refractivity contribution in [3.8, 4) is 0 Å². The van der Waals surface area contributed by atoms with Gasteiger partial charge in [0.05, 0.1) is 8.81 Å². The van der Waals surface area contributed by atoms with E-state index in [1.54, 1.807) is 31.2 Å². The standard InChI is InChI=1S/C12H12BrClN2O2S2/c1-7(8-2-4-9(15)5-3-8)16-20(17,18)11-6-10(14)12(13)19-11/h2-7,16H,15H2,1H3. The third kappa shape index (κ3) is 3.53. The Balaban J connectivity index is 2.21. The second-order valence-corrected chi connectivity index (χ2v) is 8.91. The number of hydrogen-bond acceptors (Lipinski definition) is 4. The average Bonchev–Trinajstić information content (AvgIpc) is 2.71. The summed E-state index contributed by atoms with van der Waals surface area (Å²) < 4.78 is 27.9. The number of rotatable bonds is 4. The molecule has 0 fully saturated rings. The molecule has 1 aromatic heterocycles. The van der Waals surface area contributed by atoms with E-state index in [1.165, 1.54) is 6.07 Å². The smallest absolute Gasteiger partial charge is 0.250 e. The Morgan fingerprint density at radius 3 is 2.45 bits per heavy atom. The highest BCUT2D eigenvalue weighted by Crippen LogP contribution is 2.35. The first-order chi connectivity index (χ1) is 9.29. The van der Waals surface area contributed by atoms with Gasteiger partial charge in [-0.1, -0.05) is 23.7 Å². The molecule has 1 atom stereocenters. The highest BCUT2D eigenvalue weighted by Gasteiger charge is 2.21. The number of anilines is 1. The summed E-state index contributed by atoms with van der Waals surface area (Å²) in [5.74, 6) is 0. The van der Waals surface area contributed by atoms with Crippen LogP contribution in [0.1, 0.15) is 18.5 Å². The molecular formula is C12H12BrClN2O2S2. The second-order valence-electron chi connectivity index (χ2n) is 4.20. The number of nitrogens with two attached hydrogens (primary N) is 1. The van der Waals surface area contributed by atoms with Crippen molar-refractivity contribution >= 4 is 54.6 Å². The number of nitrogens with one attached hydrogen (secondary N) is 1. The van der Waals surface area contributed by atoms with Gasteiger partial charge in [0.2, 0.25) is 0 Å². The lowest BCUT2D eigenvalue weighted by atomic mass is 10.1. The molecule has 3 N–H and O–H groups in total. The Hall–Kier alpha value is -0.600. The molecule has 20 heavy (non-hydrogen) atoms. The fourth-order valence-corrected chi connectivity index (χ4v) is 5.25. The van der Waals surface area contributed by atoms with Crippen molar-refractivity contribution in [3.05, 3.63) is 44.7 Å². The van der Waals surface area contributed by atoms with Crippen LogP contribution in [0.25, 0.3) is 0 Å². The van der Waals surface area contributed by atoms with E-state index in [4.69, 9.17) is 17.3 Å². The van der Waals surface area contributed by atoms with E-state index in [2.05, 4.69) is 20.7 Å². The predicted octanol–water partition coefficient (Wildman–Crippen LogP) is 3.79. The second kappa shape index (κ2) is 6.03. The molecule has 1 heterocycles. The lowest BCUT2D eigenvalue weighted by Gasteiger charge is -2.13. The molecule has 2 rings (SSSR count). The molecule has 0 bridgehead atoms. The minimum absolute atomic E-state index is 0.177. The maximum Gasteiger partial charge on any atom is 0.250 e. The zero-order chi connectivity index (χ0) is 14.9. The van der Waals surface area contributed by atoms with E-state index in [-0.39, 0.29) is 10.3 Å². The van der Waals surface area contributed by atoms with E-state index in [9.17, 15) is 8.42 Å². The summed E-state index contributed by atoms with van der Waals surface area (Å²) >= 11 is 10.1. The Kier molecular flexibility index (Phi) is 4.76. The molecule has 0 saturated heterocycles. The molecule has 0 amide bonds. The van der Waals surface area contributed by atoms with E-state index in [0.717, 1.165) is 16.9 Å². The summed E-state index contributed by atoms with van der Waals surface area (Å²) in [4.78, 5) is 0. The van der Waals surface area contributed by atoms with E-state index in [0.29, 0.717) is 14.5 Å². The van der Waals surface area contributed by atoms with E-state index in [1.807, 2.05) is 0 Å². The van der Waals surface area contributed by atoms with E-state index >= 15 is 0 Å². The summed E-state index contributed by atoms with van der Waals surface area (Å²) in [7, 11) is -3.60. The van der Waals surface area contributed by atoms with Gasteiger partial charge in [0.25, 0.3) is 10.0 Å². The normalized spacial score (nSPS) is 13.3. The highest BCUT2D eigenvalue weighted by molar-refractivity contribution is 9.11. The lowest BCUT2D eigenvalue weighted by Crippen LogP contribution is -2.26. The van der Waals surface area contributed by atoms with Crippen molar-refractivity contribution in [1.82, 2.24) is 4.72 Å². The van der Waals surface area contributed by atoms with Crippen LogP contribution in [-0.2, 0) is 10.0 Å². The molecule has 1 unspecified atom stereocenters. The minimum atomic E-state index is -3.60. The predicted molar refractivity (Wildman–Crippen MR) is 86.6 cm³/mol. The molecule has 2 aromatic rings. The van der Waals surface area contributed by atoms with Gasteiger partial charge in [0.1, 0.15) is 4.21 Å². The van der Waals surface area contributed by atoms with Crippen molar-refractivity contribution < 1.29 is 8.42 Å². The lowest BCUT2D eigenvalue weighted by molar-refractivity contribution is 0.569. The monoisotopic (exact) mass is 394 g/mol.